The van der Waals surface area contributed by atoms with Gasteiger partial charge in [-0.3, -0.25) is 0 Å². The van der Waals surface area contributed by atoms with Gasteiger partial charge in [0.25, 0.3) is 0 Å². The highest BCUT2D eigenvalue weighted by Gasteiger charge is 2.12. The monoisotopic (exact) mass is 292 g/mol. The molecule has 4 N–H and O–H groups in total. The highest BCUT2D eigenvalue weighted by molar-refractivity contribution is 5.97. The topological polar surface area (TPSA) is 101 Å². The molecule has 0 fully saturated rings. The number of nitrogens with two attached hydrogens (primary N) is 1. The summed E-state index contributed by atoms with van der Waals surface area (Å²) in [4.78, 5) is 0. The second-order valence-electron chi connectivity index (χ2n) is 4.69. The van der Waals surface area contributed by atoms with E-state index in [0.717, 1.165) is 5.82 Å². The molecule has 0 aliphatic heterocycles. The van der Waals surface area contributed by atoms with E-state index in [4.69, 9.17) is 10.9 Å². The maximum Gasteiger partial charge on any atom is 0.170 e. The number of hydrogen-bond acceptors (Lipinski definition) is 5. The Bertz CT molecular complexity index is 654. The van der Waals surface area contributed by atoms with Crippen LogP contribution < -0.4 is 11.1 Å². The van der Waals surface area contributed by atoms with Crippen molar-refractivity contribution in [2.75, 3.05) is 0 Å². The lowest BCUT2D eigenvalue weighted by Crippen LogP contribution is -2.22. The van der Waals surface area contributed by atoms with Gasteiger partial charge in [0.2, 0.25) is 0 Å². The normalized spacial score (nSPS) is 13.4. The van der Waals surface area contributed by atoms with Crippen LogP contribution in [0.15, 0.2) is 29.7 Å². The van der Waals surface area contributed by atoms with Gasteiger partial charge < -0.3 is 20.8 Å². The Morgan fingerprint density at radius 2 is 2.33 bits per heavy atom. The first-order valence-electron chi connectivity index (χ1n) is 6.36. The van der Waals surface area contributed by atoms with Crippen molar-refractivity contribution in [3.63, 3.8) is 0 Å². The molecule has 0 saturated carbocycles. The van der Waals surface area contributed by atoms with Crippen LogP contribution in [0, 0.1) is 5.82 Å². The Labute approximate surface area is 121 Å². The zero-order valence-corrected chi connectivity index (χ0v) is 11.8. The first-order valence-corrected chi connectivity index (χ1v) is 6.36. The summed E-state index contributed by atoms with van der Waals surface area (Å²) in [5, 5.41) is 22.4. The molecule has 0 amide bonds. The lowest BCUT2D eigenvalue weighted by molar-refractivity contribution is 0.318. The number of nitrogens with one attached hydrogen (secondary N) is 1. The maximum atomic E-state index is 14.0. The summed E-state index contributed by atoms with van der Waals surface area (Å²) < 4.78 is 15.8. The number of aromatic nitrogens is 3. The van der Waals surface area contributed by atoms with Crippen LogP contribution in [0.5, 0.6) is 0 Å². The molecule has 0 bridgehead atoms. The quantitative estimate of drug-likeness (QED) is 0.329. The molecule has 2 aromatic rings. The van der Waals surface area contributed by atoms with Crippen LogP contribution in [0.4, 0.5) is 4.39 Å². The third-order valence-electron chi connectivity index (χ3n) is 3.19. The van der Waals surface area contributed by atoms with Crippen LogP contribution in [0.1, 0.15) is 29.9 Å². The minimum Gasteiger partial charge on any atom is -0.409 e. The number of nitrogens with zero attached hydrogens (tertiary/aromatic N) is 4. The van der Waals surface area contributed by atoms with Crippen molar-refractivity contribution in [2.24, 2.45) is 17.9 Å². The molecule has 0 saturated heterocycles. The summed E-state index contributed by atoms with van der Waals surface area (Å²) in [6.07, 6.45) is 1.61. The van der Waals surface area contributed by atoms with Crippen molar-refractivity contribution in [2.45, 2.75) is 19.5 Å². The average molecular weight is 292 g/mol. The second kappa shape index (κ2) is 6.31. The van der Waals surface area contributed by atoms with Crippen LogP contribution in [-0.2, 0) is 13.6 Å². The Morgan fingerprint density at radius 3 is 2.90 bits per heavy atom. The Balaban J connectivity index is 2.05. The van der Waals surface area contributed by atoms with Gasteiger partial charge in [-0.1, -0.05) is 17.3 Å². The Morgan fingerprint density at radius 1 is 1.57 bits per heavy atom. The zero-order valence-electron chi connectivity index (χ0n) is 11.8. The van der Waals surface area contributed by atoms with Crippen molar-refractivity contribution in [3.05, 3.63) is 47.3 Å². The van der Waals surface area contributed by atoms with E-state index in [1.807, 2.05) is 14.0 Å². The molecule has 0 aliphatic carbocycles. The van der Waals surface area contributed by atoms with Crippen molar-refractivity contribution in [1.82, 2.24) is 20.1 Å². The van der Waals surface area contributed by atoms with E-state index in [-0.39, 0.29) is 11.9 Å². The van der Waals surface area contributed by atoms with Crippen molar-refractivity contribution < 1.29 is 9.60 Å². The highest BCUT2D eigenvalue weighted by atomic mass is 19.1. The lowest BCUT2D eigenvalue weighted by atomic mass is 10.1. The van der Waals surface area contributed by atoms with E-state index >= 15 is 0 Å². The first-order chi connectivity index (χ1) is 10.0. The summed E-state index contributed by atoms with van der Waals surface area (Å²) in [5.74, 6) is 0.223. The predicted octanol–water partition coefficient (Wildman–Crippen LogP) is 0.899. The molecule has 2 rings (SSSR count). The van der Waals surface area contributed by atoms with Crippen LogP contribution in [-0.4, -0.2) is 25.8 Å². The summed E-state index contributed by atoms with van der Waals surface area (Å²) in [6, 6.07) is 4.36. The number of rotatable bonds is 5. The molecular formula is C13H17FN6O. The molecule has 0 aliphatic rings. The number of oxime groups is 1. The molecule has 0 radical (unpaired) electrons. The molecule has 1 unspecified atom stereocenters. The van der Waals surface area contributed by atoms with Crippen LogP contribution in [0.2, 0.25) is 0 Å². The first kappa shape index (κ1) is 14.9. The van der Waals surface area contributed by atoms with E-state index in [1.165, 1.54) is 6.07 Å². The minimum absolute atomic E-state index is 0.0688. The molecule has 7 nitrogen and oxygen atoms in total. The summed E-state index contributed by atoms with van der Waals surface area (Å²) in [7, 11) is 1.85. The number of halogens is 1. The van der Waals surface area contributed by atoms with Gasteiger partial charge in [-0.2, -0.15) is 0 Å². The smallest absolute Gasteiger partial charge is 0.170 e. The van der Waals surface area contributed by atoms with Gasteiger partial charge in [0, 0.05) is 24.7 Å². The fraction of sp³-hybridized carbons (Fsp3) is 0.308. The minimum atomic E-state index is -0.420. The summed E-state index contributed by atoms with van der Waals surface area (Å²) in [6.45, 7) is 2.25. The van der Waals surface area contributed by atoms with Crippen LogP contribution in [0.3, 0.4) is 0 Å². The van der Waals surface area contributed by atoms with E-state index in [2.05, 4.69) is 20.7 Å². The number of benzene rings is 1. The fourth-order valence-corrected chi connectivity index (χ4v) is 1.95. The van der Waals surface area contributed by atoms with Crippen molar-refractivity contribution >= 4 is 5.84 Å². The largest absolute Gasteiger partial charge is 0.409 e. The third-order valence-corrected chi connectivity index (χ3v) is 3.19. The Hall–Kier alpha value is -2.48. The molecule has 1 aromatic carbocycles. The molecular weight excluding hydrogens is 275 g/mol. The molecule has 8 heteroatoms. The molecule has 1 heterocycles. The van der Waals surface area contributed by atoms with Gasteiger partial charge in [-0.25, -0.2) is 4.39 Å². The second-order valence-corrected chi connectivity index (χ2v) is 4.69. The van der Waals surface area contributed by atoms with Crippen LogP contribution in [0.25, 0.3) is 0 Å². The molecule has 1 atom stereocenters. The predicted molar refractivity (Wildman–Crippen MR) is 75.2 cm³/mol. The fourth-order valence-electron chi connectivity index (χ4n) is 1.95. The third kappa shape index (κ3) is 3.34. The van der Waals surface area contributed by atoms with E-state index in [1.54, 1.807) is 23.0 Å². The van der Waals surface area contributed by atoms with E-state index in [9.17, 15) is 4.39 Å². The molecule has 1 aromatic heterocycles. The Kier molecular flexibility index (Phi) is 4.49. The summed E-state index contributed by atoms with van der Waals surface area (Å²) >= 11 is 0. The van der Waals surface area contributed by atoms with Gasteiger partial charge in [-0.05, 0) is 13.0 Å². The number of hydrogen-bond donors (Lipinski definition) is 3. The number of amidine groups is 1. The van der Waals surface area contributed by atoms with E-state index < -0.39 is 5.82 Å². The van der Waals surface area contributed by atoms with Gasteiger partial charge in [0.15, 0.2) is 5.84 Å². The lowest BCUT2D eigenvalue weighted by Gasteiger charge is -2.13. The van der Waals surface area contributed by atoms with Gasteiger partial charge in [-0.15, -0.1) is 10.2 Å². The zero-order chi connectivity index (χ0) is 15.4. The molecule has 21 heavy (non-hydrogen) atoms. The summed E-state index contributed by atoms with van der Waals surface area (Å²) in [5.41, 5.74) is 6.23. The van der Waals surface area contributed by atoms with Gasteiger partial charge >= 0.3 is 0 Å². The van der Waals surface area contributed by atoms with Gasteiger partial charge in [0.1, 0.15) is 18.0 Å². The van der Waals surface area contributed by atoms with Crippen molar-refractivity contribution in [1.29, 1.82) is 0 Å². The van der Waals surface area contributed by atoms with Crippen molar-refractivity contribution in [3.8, 4) is 0 Å². The standard InChI is InChI=1S/C13H17FN6O/c1-8(13-18-17-7-20(13)2)16-6-10-4-3-9(5-11(10)14)12(15)19-21/h3-5,7-8,16,21H,6H2,1-2H3,(H2,15,19). The average Bonchev–Trinajstić information content (AvgIpc) is 2.91. The SMILES string of the molecule is CC(NCc1ccc(C(N)=NO)cc1F)c1nncn1C. The molecule has 0 spiro atoms. The maximum absolute atomic E-state index is 14.0. The number of aryl methyl sites for hydroxylation is 1. The van der Waals surface area contributed by atoms with E-state index in [0.29, 0.717) is 17.7 Å². The highest BCUT2D eigenvalue weighted by Crippen LogP contribution is 2.13. The van der Waals surface area contributed by atoms with Gasteiger partial charge in [0.05, 0.1) is 6.04 Å². The van der Waals surface area contributed by atoms with Crippen LogP contribution >= 0.6 is 0 Å². The molecule has 112 valence electrons.